The molecule has 13 heavy (non-hydrogen) atoms. The summed E-state index contributed by atoms with van der Waals surface area (Å²) in [7, 11) is 0. The van der Waals surface area contributed by atoms with Crippen molar-refractivity contribution < 1.29 is 10.2 Å². The van der Waals surface area contributed by atoms with E-state index in [1.54, 1.807) is 13.8 Å². The molecule has 0 unspecified atom stereocenters. The zero-order chi connectivity index (χ0) is 10.2. The molecule has 0 atom stereocenters. The van der Waals surface area contributed by atoms with Crippen molar-refractivity contribution >= 4 is 27.5 Å². The average molecular weight is 267 g/mol. The second kappa shape index (κ2) is 3.92. The number of aromatic nitrogens is 1. The van der Waals surface area contributed by atoms with Gasteiger partial charge in [0.05, 0.1) is 10.7 Å². The van der Waals surface area contributed by atoms with Crippen LogP contribution in [0.1, 0.15) is 23.1 Å². The highest BCUT2D eigenvalue weighted by Gasteiger charge is 2.16. The molecule has 0 saturated carbocycles. The van der Waals surface area contributed by atoms with Crippen LogP contribution in [0.15, 0.2) is 4.60 Å². The van der Waals surface area contributed by atoms with E-state index in [1.807, 2.05) is 0 Å². The van der Waals surface area contributed by atoms with E-state index in [4.69, 9.17) is 21.8 Å². The highest BCUT2D eigenvalue weighted by atomic mass is 79.9. The minimum Gasteiger partial charge on any atom is -0.364 e. The maximum atomic E-state index is 9.03. The number of nitrogens with zero attached hydrogens (tertiary/aromatic N) is 1. The summed E-state index contributed by atoms with van der Waals surface area (Å²) in [6.45, 7) is 3.48. The molecule has 2 N–H and O–H groups in total. The lowest BCUT2D eigenvalue weighted by Gasteiger charge is -2.12. The molecular weight excluding hydrogens is 257 g/mol. The third-order valence-corrected chi connectivity index (χ3v) is 2.96. The predicted molar refractivity (Wildman–Crippen MR) is 53.6 cm³/mol. The molecular formula is C8H9BrClNO2. The van der Waals surface area contributed by atoms with Crippen LogP contribution < -0.4 is 0 Å². The van der Waals surface area contributed by atoms with Crippen LogP contribution in [0, 0.1) is 13.8 Å². The Morgan fingerprint density at radius 1 is 1.38 bits per heavy atom. The molecule has 0 aliphatic carbocycles. The zero-order valence-corrected chi connectivity index (χ0v) is 9.52. The molecule has 0 spiro atoms. The number of aryl methyl sites for hydroxylation is 1. The van der Waals surface area contributed by atoms with Gasteiger partial charge in [-0.1, -0.05) is 11.6 Å². The van der Waals surface area contributed by atoms with Crippen molar-refractivity contribution in [3.63, 3.8) is 0 Å². The van der Waals surface area contributed by atoms with Crippen molar-refractivity contribution in [1.82, 2.24) is 4.98 Å². The summed E-state index contributed by atoms with van der Waals surface area (Å²) in [5.41, 5.74) is 1.61. The highest BCUT2D eigenvalue weighted by Crippen LogP contribution is 2.30. The third-order valence-electron chi connectivity index (χ3n) is 1.80. The fraction of sp³-hybridized carbons (Fsp3) is 0.375. The lowest BCUT2D eigenvalue weighted by Crippen LogP contribution is -2.03. The number of rotatable bonds is 1. The van der Waals surface area contributed by atoms with Crippen molar-refractivity contribution in [3.8, 4) is 0 Å². The third kappa shape index (κ3) is 2.02. The first-order chi connectivity index (χ1) is 5.95. The lowest BCUT2D eigenvalue weighted by atomic mass is 10.1. The van der Waals surface area contributed by atoms with E-state index >= 15 is 0 Å². The van der Waals surface area contributed by atoms with Gasteiger partial charge in [0.15, 0.2) is 6.29 Å². The molecule has 3 nitrogen and oxygen atoms in total. The van der Waals surface area contributed by atoms with Crippen LogP contribution in [0.25, 0.3) is 0 Å². The van der Waals surface area contributed by atoms with Crippen molar-refractivity contribution in [2.24, 2.45) is 0 Å². The number of aliphatic hydroxyl groups is 2. The number of halogens is 2. The number of hydrogen-bond donors (Lipinski definition) is 2. The van der Waals surface area contributed by atoms with E-state index in [-0.39, 0.29) is 0 Å². The van der Waals surface area contributed by atoms with Gasteiger partial charge < -0.3 is 10.2 Å². The Morgan fingerprint density at radius 2 is 1.92 bits per heavy atom. The Balaban J connectivity index is 3.44. The van der Waals surface area contributed by atoms with Crippen LogP contribution in [0.2, 0.25) is 5.02 Å². The Kier molecular flexibility index (Phi) is 3.29. The summed E-state index contributed by atoms with van der Waals surface area (Å²) >= 11 is 9.04. The van der Waals surface area contributed by atoms with Gasteiger partial charge in [0.1, 0.15) is 4.60 Å². The quantitative estimate of drug-likeness (QED) is 0.604. The van der Waals surface area contributed by atoms with Gasteiger partial charge in [0.25, 0.3) is 0 Å². The fourth-order valence-corrected chi connectivity index (χ4v) is 2.01. The van der Waals surface area contributed by atoms with Gasteiger partial charge in [-0.05, 0) is 35.3 Å². The fourth-order valence-electron chi connectivity index (χ4n) is 1.10. The maximum Gasteiger partial charge on any atom is 0.181 e. The molecule has 0 amide bonds. The van der Waals surface area contributed by atoms with Gasteiger partial charge in [-0.3, -0.25) is 0 Å². The molecule has 1 heterocycles. The van der Waals surface area contributed by atoms with E-state index in [2.05, 4.69) is 20.9 Å². The molecule has 1 aromatic rings. The summed E-state index contributed by atoms with van der Waals surface area (Å²) in [6.07, 6.45) is -1.56. The van der Waals surface area contributed by atoms with Crippen LogP contribution in [0.5, 0.6) is 0 Å². The number of aliphatic hydroxyl groups excluding tert-OH is 1. The second-order valence-electron chi connectivity index (χ2n) is 2.71. The van der Waals surface area contributed by atoms with Gasteiger partial charge in [0.2, 0.25) is 0 Å². The Labute approximate surface area is 89.5 Å². The van der Waals surface area contributed by atoms with Gasteiger partial charge in [-0.2, -0.15) is 0 Å². The zero-order valence-electron chi connectivity index (χ0n) is 7.17. The van der Waals surface area contributed by atoms with Crippen molar-refractivity contribution in [2.75, 3.05) is 0 Å². The van der Waals surface area contributed by atoms with E-state index in [0.29, 0.717) is 26.4 Å². The van der Waals surface area contributed by atoms with Crippen LogP contribution in [-0.2, 0) is 0 Å². The van der Waals surface area contributed by atoms with Crippen molar-refractivity contribution in [2.45, 2.75) is 20.1 Å². The van der Waals surface area contributed by atoms with Gasteiger partial charge in [0, 0.05) is 5.56 Å². The molecule has 0 fully saturated rings. The Hall–Kier alpha value is -0.160. The Bertz CT molecular complexity index is 341. The topological polar surface area (TPSA) is 53.4 Å². The van der Waals surface area contributed by atoms with E-state index in [0.717, 1.165) is 0 Å². The van der Waals surface area contributed by atoms with E-state index in [1.165, 1.54) is 0 Å². The average Bonchev–Trinajstić information content (AvgIpc) is 1.99. The van der Waals surface area contributed by atoms with E-state index in [9.17, 15) is 0 Å². The molecule has 1 rings (SSSR count). The molecule has 0 bridgehead atoms. The second-order valence-corrected chi connectivity index (χ2v) is 3.84. The molecule has 0 aromatic carbocycles. The first-order valence-electron chi connectivity index (χ1n) is 3.63. The largest absolute Gasteiger partial charge is 0.364 e. The number of pyridine rings is 1. The first kappa shape index (κ1) is 10.9. The van der Waals surface area contributed by atoms with Crippen LogP contribution in [0.3, 0.4) is 0 Å². The highest BCUT2D eigenvalue weighted by molar-refractivity contribution is 9.10. The van der Waals surface area contributed by atoms with E-state index < -0.39 is 6.29 Å². The van der Waals surface area contributed by atoms with Gasteiger partial charge in [-0.15, -0.1) is 0 Å². The molecule has 72 valence electrons. The summed E-state index contributed by atoms with van der Waals surface area (Å²) in [6, 6.07) is 0. The molecule has 0 radical (unpaired) electrons. The van der Waals surface area contributed by atoms with Crippen LogP contribution in [-0.4, -0.2) is 15.2 Å². The minimum absolute atomic E-state index is 0.315. The Morgan fingerprint density at radius 3 is 2.38 bits per heavy atom. The number of hydrogen-bond acceptors (Lipinski definition) is 3. The van der Waals surface area contributed by atoms with Crippen LogP contribution in [0.4, 0.5) is 0 Å². The summed E-state index contributed by atoms with van der Waals surface area (Å²) in [5, 5.41) is 18.5. The maximum absolute atomic E-state index is 9.03. The smallest absolute Gasteiger partial charge is 0.181 e. The van der Waals surface area contributed by atoms with Gasteiger partial charge in [-0.25, -0.2) is 4.98 Å². The molecule has 0 saturated heterocycles. The minimum atomic E-state index is -1.56. The summed E-state index contributed by atoms with van der Waals surface area (Å²) in [5.74, 6) is 0. The molecule has 0 aliphatic heterocycles. The van der Waals surface area contributed by atoms with Crippen molar-refractivity contribution in [1.29, 1.82) is 0 Å². The predicted octanol–water partition coefficient (Wildman–Crippen LogP) is 2.10. The molecule has 1 aromatic heterocycles. The van der Waals surface area contributed by atoms with Gasteiger partial charge >= 0.3 is 0 Å². The first-order valence-corrected chi connectivity index (χ1v) is 4.80. The normalized spacial score (nSPS) is 11.0. The monoisotopic (exact) mass is 265 g/mol. The van der Waals surface area contributed by atoms with Crippen LogP contribution >= 0.6 is 27.5 Å². The standard InChI is InChI=1S/C8H9BrClNO2/c1-3-5(8(12)13)7(9)11-4(2)6(3)10/h8,12-13H,1-2H3. The summed E-state index contributed by atoms with van der Waals surface area (Å²) < 4.78 is 0.418. The molecule has 0 aliphatic rings. The SMILES string of the molecule is Cc1nc(Br)c(C(O)O)c(C)c1Cl. The summed E-state index contributed by atoms with van der Waals surface area (Å²) in [4.78, 5) is 4.02. The lowest BCUT2D eigenvalue weighted by molar-refractivity contribution is -0.0437. The molecule has 5 heteroatoms. The van der Waals surface area contributed by atoms with Crippen molar-refractivity contribution in [3.05, 3.63) is 26.4 Å².